The van der Waals surface area contributed by atoms with Crippen LogP contribution in [0.4, 0.5) is 0 Å². The number of aromatic nitrogens is 2. The van der Waals surface area contributed by atoms with Gasteiger partial charge in [0.25, 0.3) is 5.89 Å². The molecule has 0 bridgehead atoms. The van der Waals surface area contributed by atoms with Gasteiger partial charge in [-0.25, -0.2) is 0 Å². The monoisotopic (exact) mass is 291 g/mol. The molecule has 1 N–H and O–H groups in total. The van der Waals surface area contributed by atoms with Crippen LogP contribution < -0.4 is 0 Å². The molecular formula is C15H21N3O3. The van der Waals surface area contributed by atoms with Crippen molar-refractivity contribution in [2.75, 3.05) is 33.4 Å². The summed E-state index contributed by atoms with van der Waals surface area (Å²) in [6, 6.07) is 7.89. The van der Waals surface area contributed by atoms with Gasteiger partial charge in [0, 0.05) is 25.8 Å². The molecule has 0 fully saturated rings. The Bertz CT molecular complexity index is 557. The van der Waals surface area contributed by atoms with Crippen molar-refractivity contribution in [2.45, 2.75) is 13.5 Å². The molecule has 0 amide bonds. The van der Waals surface area contributed by atoms with Crippen molar-refractivity contribution in [1.29, 1.82) is 0 Å². The van der Waals surface area contributed by atoms with E-state index in [1.165, 1.54) is 0 Å². The van der Waals surface area contributed by atoms with Gasteiger partial charge >= 0.3 is 0 Å². The first-order valence-corrected chi connectivity index (χ1v) is 6.95. The smallest absolute Gasteiger partial charge is 0.258 e. The molecule has 6 heteroatoms. The number of benzene rings is 1. The summed E-state index contributed by atoms with van der Waals surface area (Å²) in [5.74, 6) is 1.14. The third-order valence-electron chi connectivity index (χ3n) is 3.24. The van der Waals surface area contributed by atoms with Crippen LogP contribution in [0.5, 0.6) is 0 Å². The Kier molecular flexibility index (Phi) is 5.86. The molecular weight excluding hydrogens is 270 g/mol. The fourth-order valence-corrected chi connectivity index (χ4v) is 2.07. The largest absolute Gasteiger partial charge is 0.395 e. The second-order valence-corrected chi connectivity index (χ2v) is 4.82. The maximum atomic E-state index is 9.09. The summed E-state index contributed by atoms with van der Waals surface area (Å²) in [5, 5.41) is 13.1. The number of rotatable bonds is 8. The van der Waals surface area contributed by atoms with Crippen LogP contribution in [0, 0.1) is 6.92 Å². The quantitative estimate of drug-likeness (QED) is 0.794. The third-order valence-corrected chi connectivity index (χ3v) is 3.24. The molecule has 1 aromatic carbocycles. The summed E-state index contributed by atoms with van der Waals surface area (Å²) in [6.07, 6.45) is 0. The topological polar surface area (TPSA) is 71.6 Å². The van der Waals surface area contributed by atoms with E-state index in [9.17, 15) is 0 Å². The van der Waals surface area contributed by atoms with Gasteiger partial charge in [-0.3, -0.25) is 4.90 Å². The van der Waals surface area contributed by atoms with E-state index in [1.807, 2.05) is 36.1 Å². The van der Waals surface area contributed by atoms with E-state index in [1.54, 1.807) is 7.11 Å². The molecule has 0 saturated carbocycles. The maximum Gasteiger partial charge on any atom is 0.258 e. The molecule has 0 aliphatic rings. The zero-order valence-corrected chi connectivity index (χ0v) is 12.5. The second kappa shape index (κ2) is 7.87. The van der Waals surface area contributed by atoms with Crippen molar-refractivity contribution in [3.63, 3.8) is 0 Å². The molecule has 2 aromatic rings. The fraction of sp³-hybridized carbons (Fsp3) is 0.467. The Morgan fingerprint density at radius 3 is 2.81 bits per heavy atom. The van der Waals surface area contributed by atoms with Gasteiger partial charge < -0.3 is 14.4 Å². The third kappa shape index (κ3) is 4.35. The number of aryl methyl sites for hydroxylation is 1. The summed E-state index contributed by atoms with van der Waals surface area (Å²) in [4.78, 5) is 6.45. The van der Waals surface area contributed by atoms with E-state index in [2.05, 4.69) is 10.1 Å². The van der Waals surface area contributed by atoms with Crippen LogP contribution in [-0.4, -0.2) is 53.6 Å². The minimum absolute atomic E-state index is 0.0895. The molecule has 0 aliphatic heterocycles. The standard InChI is InChI=1S/C15H21N3O3/c1-12-5-3-4-6-13(12)15-16-14(17-21-15)11-18(7-9-19)8-10-20-2/h3-6,19H,7-11H2,1-2H3. The summed E-state index contributed by atoms with van der Waals surface area (Å²) in [7, 11) is 1.65. The Labute approximate surface area is 124 Å². The molecule has 1 heterocycles. The van der Waals surface area contributed by atoms with Gasteiger partial charge in [-0.05, 0) is 18.6 Å². The van der Waals surface area contributed by atoms with Gasteiger partial charge in [0.1, 0.15) is 0 Å². The predicted octanol–water partition coefficient (Wildman–Crippen LogP) is 1.49. The minimum atomic E-state index is 0.0895. The highest BCUT2D eigenvalue weighted by atomic mass is 16.5. The van der Waals surface area contributed by atoms with Gasteiger partial charge in [-0.15, -0.1) is 0 Å². The van der Waals surface area contributed by atoms with Crippen LogP contribution in [-0.2, 0) is 11.3 Å². The van der Waals surface area contributed by atoms with Crippen LogP contribution in [0.3, 0.4) is 0 Å². The first kappa shape index (κ1) is 15.6. The van der Waals surface area contributed by atoms with Crippen LogP contribution in [0.15, 0.2) is 28.8 Å². The Morgan fingerprint density at radius 2 is 2.10 bits per heavy atom. The van der Waals surface area contributed by atoms with E-state index in [4.69, 9.17) is 14.4 Å². The van der Waals surface area contributed by atoms with Crippen molar-refractivity contribution in [2.24, 2.45) is 0 Å². The van der Waals surface area contributed by atoms with E-state index in [0.29, 0.717) is 38.0 Å². The second-order valence-electron chi connectivity index (χ2n) is 4.82. The summed E-state index contributed by atoms with van der Waals surface area (Å²) in [6.45, 7) is 4.49. The minimum Gasteiger partial charge on any atom is -0.395 e. The maximum absolute atomic E-state index is 9.09. The average Bonchev–Trinajstić information content (AvgIpc) is 2.94. The van der Waals surface area contributed by atoms with E-state index < -0.39 is 0 Å². The molecule has 0 atom stereocenters. The zero-order valence-electron chi connectivity index (χ0n) is 12.5. The molecule has 21 heavy (non-hydrogen) atoms. The van der Waals surface area contributed by atoms with Crippen LogP contribution in [0.2, 0.25) is 0 Å². The van der Waals surface area contributed by atoms with Gasteiger partial charge in [0.2, 0.25) is 0 Å². The normalized spacial score (nSPS) is 11.2. The van der Waals surface area contributed by atoms with E-state index in [0.717, 1.165) is 11.1 Å². The number of nitrogens with zero attached hydrogens (tertiary/aromatic N) is 3. The molecule has 6 nitrogen and oxygen atoms in total. The van der Waals surface area contributed by atoms with Gasteiger partial charge in [0.15, 0.2) is 5.82 Å². The van der Waals surface area contributed by atoms with Crippen molar-refractivity contribution < 1.29 is 14.4 Å². The van der Waals surface area contributed by atoms with Crippen LogP contribution in [0.1, 0.15) is 11.4 Å². The van der Waals surface area contributed by atoms with Crippen LogP contribution >= 0.6 is 0 Å². The van der Waals surface area contributed by atoms with Crippen molar-refractivity contribution in [1.82, 2.24) is 15.0 Å². The lowest BCUT2D eigenvalue weighted by Crippen LogP contribution is -2.30. The Balaban J connectivity index is 2.06. The molecule has 0 spiro atoms. The highest BCUT2D eigenvalue weighted by molar-refractivity contribution is 5.57. The fourth-order valence-electron chi connectivity index (χ4n) is 2.07. The lowest BCUT2D eigenvalue weighted by molar-refractivity contribution is 0.124. The lowest BCUT2D eigenvalue weighted by atomic mass is 10.1. The molecule has 0 saturated heterocycles. The van der Waals surface area contributed by atoms with Gasteiger partial charge in [-0.1, -0.05) is 23.4 Å². The summed E-state index contributed by atoms with van der Waals surface area (Å²) < 4.78 is 10.4. The zero-order chi connectivity index (χ0) is 15.1. The van der Waals surface area contributed by atoms with Gasteiger partial charge in [0.05, 0.1) is 19.8 Å². The lowest BCUT2D eigenvalue weighted by Gasteiger charge is -2.18. The first-order chi connectivity index (χ1) is 10.2. The molecule has 114 valence electrons. The predicted molar refractivity (Wildman–Crippen MR) is 78.7 cm³/mol. The molecule has 0 radical (unpaired) electrons. The SMILES string of the molecule is COCCN(CCO)Cc1noc(-c2ccccc2C)n1. The van der Waals surface area contributed by atoms with E-state index in [-0.39, 0.29) is 6.61 Å². The Hall–Kier alpha value is -1.76. The number of hydrogen-bond acceptors (Lipinski definition) is 6. The highest BCUT2D eigenvalue weighted by Gasteiger charge is 2.13. The Morgan fingerprint density at radius 1 is 1.29 bits per heavy atom. The molecule has 0 unspecified atom stereocenters. The molecule has 2 rings (SSSR count). The summed E-state index contributed by atoms with van der Waals surface area (Å²) in [5.41, 5.74) is 2.04. The van der Waals surface area contributed by atoms with Crippen molar-refractivity contribution >= 4 is 0 Å². The van der Waals surface area contributed by atoms with Crippen molar-refractivity contribution in [3.05, 3.63) is 35.7 Å². The number of hydrogen-bond donors (Lipinski definition) is 1. The van der Waals surface area contributed by atoms with E-state index >= 15 is 0 Å². The van der Waals surface area contributed by atoms with Crippen molar-refractivity contribution in [3.8, 4) is 11.5 Å². The first-order valence-electron chi connectivity index (χ1n) is 6.95. The average molecular weight is 291 g/mol. The van der Waals surface area contributed by atoms with Gasteiger partial charge in [-0.2, -0.15) is 4.98 Å². The number of ether oxygens (including phenoxy) is 1. The molecule has 1 aromatic heterocycles. The summed E-state index contributed by atoms with van der Waals surface area (Å²) >= 11 is 0. The number of aliphatic hydroxyl groups excluding tert-OH is 1. The number of aliphatic hydroxyl groups is 1. The number of methoxy groups -OCH3 is 1. The molecule has 0 aliphatic carbocycles. The van der Waals surface area contributed by atoms with Crippen LogP contribution in [0.25, 0.3) is 11.5 Å². The highest BCUT2D eigenvalue weighted by Crippen LogP contribution is 2.21.